The molecule has 0 spiro atoms. The van der Waals surface area contributed by atoms with E-state index in [1.54, 1.807) is 13.0 Å². The second-order valence-corrected chi connectivity index (χ2v) is 3.81. The Bertz CT molecular complexity index is 472. The number of hydrogen-bond acceptors (Lipinski definition) is 5. The molecular weight excluding hydrogens is 250 g/mol. The molecule has 104 valence electrons. The van der Waals surface area contributed by atoms with Crippen LogP contribution in [0, 0.1) is 0 Å². The van der Waals surface area contributed by atoms with E-state index >= 15 is 0 Å². The Morgan fingerprint density at radius 2 is 2.11 bits per heavy atom. The molecule has 0 radical (unpaired) electrons. The first-order valence-corrected chi connectivity index (χ1v) is 5.80. The van der Waals surface area contributed by atoms with Gasteiger partial charge in [-0.05, 0) is 25.1 Å². The standard InChI is InChI=1S/C13H17NO5/c1-4-19-13(17)12(14-8(2)15)10-7-9(18-3)5-6-11(10)16/h5-7,12,16H,4H2,1-3H3,(H,14,15). The number of nitrogens with one attached hydrogen (secondary N) is 1. The monoisotopic (exact) mass is 267 g/mol. The summed E-state index contributed by atoms with van der Waals surface area (Å²) in [6, 6.07) is 3.36. The highest BCUT2D eigenvalue weighted by atomic mass is 16.5. The minimum atomic E-state index is -1.06. The van der Waals surface area contributed by atoms with Crippen LogP contribution in [0.2, 0.25) is 0 Å². The van der Waals surface area contributed by atoms with Gasteiger partial charge >= 0.3 is 5.97 Å². The number of aromatic hydroxyl groups is 1. The zero-order valence-corrected chi connectivity index (χ0v) is 11.1. The Hall–Kier alpha value is -2.24. The van der Waals surface area contributed by atoms with Crippen LogP contribution in [0.25, 0.3) is 0 Å². The summed E-state index contributed by atoms with van der Waals surface area (Å²) < 4.78 is 9.91. The average Bonchev–Trinajstić information content (AvgIpc) is 2.37. The number of amides is 1. The normalized spacial score (nSPS) is 11.5. The number of esters is 1. The van der Waals surface area contributed by atoms with Crippen LogP contribution in [0.3, 0.4) is 0 Å². The molecule has 0 aliphatic rings. The summed E-state index contributed by atoms with van der Waals surface area (Å²) in [5.74, 6) is -0.693. The highest BCUT2D eigenvalue weighted by molar-refractivity contribution is 5.85. The van der Waals surface area contributed by atoms with E-state index in [-0.39, 0.29) is 17.9 Å². The molecule has 0 heterocycles. The number of carbonyl (C=O) groups excluding carboxylic acids is 2. The van der Waals surface area contributed by atoms with Crippen molar-refractivity contribution in [2.45, 2.75) is 19.9 Å². The Balaban J connectivity index is 3.15. The zero-order chi connectivity index (χ0) is 14.4. The number of ether oxygens (including phenoxy) is 2. The molecule has 0 bridgehead atoms. The summed E-state index contributed by atoms with van der Waals surface area (Å²) in [7, 11) is 1.47. The number of carbonyl (C=O) groups is 2. The molecule has 0 fully saturated rings. The lowest BCUT2D eigenvalue weighted by Crippen LogP contribution is -2.33. The van der Waals surface area contributed by atoms with E-state index in [1.165, 1.54) is 26.2 Å². The van der Waals surface area contributed by atoms with Crippen LogP contribution in [0.4, 0.5) is 0 Å². The molecule has 1 atom stereocenters. The van der Waals surface area contributed by atoms with Crippen molar-refractivity contribution < 1.29 is 24.2 Å². The van der Waals surface area contributed by atoms with E-state index in [1.807, 2.05) is 0 Å². The molecule has 6 nitrogen and oxygen atoms in total. The van der Waals surface area contributed by atoms with Crippen LogP contribution >= 0.6 is 0 Å². The lowest BCUT2D eigenvalue weighted by atomic mass is 10.1. The molecule has 0 saturated carbocycles. The van der Waals surface area contributed by atoms with Gasteiger partial charge in [0.2, 0.25) is 5.91 Å². The Morgan fingerprint density at radius 3 is 2.63 bits per heavy atom. The molecule has 6 heteroatoms. The SMILES string of the molecule is CCOC(=O)C(NC(C)=O)c1cc(OC)ccc1O. The van der Waals surface area contributed by atoms with Crippen molar-refractivity contribution >= 4 is 11.9 Å². The lowest BCUT2D eigenvalue weighted by molar-refractivity contribution is -0.147. The van der Waals surface area contributed by atoms with E-state index < -0.39 is 17.9 Å². The van der Waals surface area contributed by atoms with Crippen molar-refractivity contribution in [3.63, 3.8) is 0 Å². The first kappa shape index (κ1) is 14.8. The van der Waals surface area contributed by atoms with E-state index in [2.05, 4.69) is 5.32 Å². The van der Waals surface area contributed by atoms with Crippen LogP contribution in [0.1, 0.15) is 25.5 Å². The molecule has 0 aliphatic heterocycles. The van der Waals surface area contributed by atoms with Crippen LogP contribution in [-0.4, -0.2) is 30.7 Å². The van der Waals surface area contributed by atoms with E-state index in [0.717, 1.165) is 0 Å². The first-order chi connectivity index (χ1) is 8.99. The quantitative estimate of drug-likeness (QED) is 0.781. The highest BCUT2D eigenvalue weighted by Crippen LogP contribution is 2.29. The number of phenols is 1. The fourth-order valence-electron chi connectivity index (χ4n) is 1.58. The summed E-state index contributed by atoms with van der Waals surface area (Å²) >= 11 is 0. The number of hydrogen-bond donors (Lipinski definition) is 2. The highest BCUT2D eigenvalue weighted by Gasteiger charge is 2.26. The molecule has 1 unspecified atom stereocenters. The maximum atomic E-state index is 11.8. The van der Waals surface area contributed by atoms with Crippen molar-refractivity contribution in [1.82, 2.24) is 5.32 Å². The molecule has 1 amide bonds. The smallest absolute Gasteiger partial charge is 0.333 e. The van der Waals surface area contributed by atoms with Crippen molar-refractivity contribution in [3.8, 4) is 11.5 Å². The van der Waals surface area contributed by atoms with Gasteiger partial charge in [-0.25, -0.2) is 4.79 Å². The fourth-order valence-corrected chi connectivity index (χ4v) is 1.58. The van der Waals surface area contributed by atoms with Gasteiger partial charge in [0, 0.05) is 12.5 Å². The summed E-state index contributed by atoms with van der Waals surface area (Å²) in [5.41, 5.74) is 0.230. The van der Waals surface area contributed by atoms with E-state index in [4.69, 9.17) is 9.47 Å². The molecule has 1 rings (SSSR count). The molecule has 19 heavy (non-hydrogen) atoms. The van der Waals surface area contributed by atoms with Gasteiger partial charge in [-0.2, -0.15) is 0 Å². The fraction of sp³-hybridized carbons (Fsp3) is 0.385. The van der Waals surface area contributed by atoms with Gasteiger partial charge in [-0.15, -0.1) is 0 Å². The van der Waals surface area contributed by atoms with Gasteiger partial charge in [0.05, 0.1) is 13.7 Å². The van der Waals surface area contributed by atoms with Gasteiger partial charge in [0.25, 0.3) is 0 Å². The lowest BCUT2D eigenvalue weighted by Gasteiger charge is -2.18. The van der Waals surface area contributed by atoms with Crippen LogP contribution in [0.5, 0.6) is 11.5 Å². The van der Waals surface area contributed by atoms with E-state index in [0.29, 0.717) is 5.75 Å². The van der Waals surface area contributed by atoms with Crippen molar-refractivity contribution in [2.24, 2.45) is 0 Å². The minimum absolute atomic E-state index is 0.118. The zero-order valence-electron chi connectivity index (χ0n) is 11.1. The van der Waals surface area contributed by atoms with Crippen molar-refractivity contribution in [1.29, 1.82) is 0 Å². The minimum Gasteiger partial charge on any atom is -0.508 e. The molecular formula is C13H17NO5. The Kier molecular flexibility index (Phi) is 5.17. The van der Waals surface area contributed by atoms with Gasteiger partial charge in [0.1, 0.15) is 11.5 Å². The summed E-state index contributed by atoms with van der Waals surface area (Å²) in [4.78, 5) is 23.0. The van der Waals surface area contributed by atoms with Crippen molar-refractivity contribution in [2.75, 3.05) is 13.7 Å². The molecule has 0 aromatic heterocycles. The third kappa shape index (κ3) is 3.87. The second-order valence-electron chi connectivity index (χ2n) is 3.81. The first-order valence-electron chi connectivity index (χ1n) is 5.80. The molecule has 2 N–H and O–H groups in total. The second kappa shape index (κ2) is 6.63. The molecule has 0 aliphatic carbocycles. The maximum Gasteiger partial charge on any atom is 0.333 e. The van der Waals surface area contributed by atoms with Crippen LogP contribution < -0.4 is 10.1 Å². The average molecular weight is 267 g/mol. The number of methoxy groups -OCH3 is 1. The molecule has 1 aromatic carbocycles. The number of phenolic OH excluding ortho intramolecular Hbond substituents is 1. The largest absolute Gasteiger partial charge is 0.508 e. The van der Waals surface area contributed by atoms with E-state index in [9.17, 15) is 14.7 Å². The number of benzene rings is 1. The van der Waals surface area contributed by atoms with Crippen LogP contribution in [-0.2, 0) is 14.3 Å². The van der Waals surface area contributed by atoms with Gasteiger partial charge in [-0.1, -0.05) is 0 Å². The summed E-state index contributed by atoms with van der Waals surface area (Å²) in [5, 5.41) is 12.3. The Labute approximate surface area is 111 Å². The van der Waals surface area contributed by atoms with Crippen LogP contribution in [0.15, 0.2) is 18.2 Å². The predicted molar refractivity (Wildman–Crippen MR) is 67.8 cm³/mol. The maximum absolute atomic E-state index is 11.8. The third-order valence-corrected chi connectivity index (χ3v) is 2.42. The molecule has 0 saturated heterocycles. The Morgan fingerprint density at radius 1 is 1.42 bits per heavy atom. The van der Waals surface area contributed by atoms with Gasteiger partial charge in [-0.3, -0.25) is 4.79 Å². The van der Waals surface area contributed by atoms with Crippen molar-refractivity contribution in [3.05, 3.63) is 23.8 Å². The topological polar surface area (TPSA) is 84.9 Å². The summed E-state index contributed by atoms with van der Waals surface area (Å²) in [6.07, 6.45) is 0. The summed E-state index contributed by atoms with van der Waals surface area (Å²) in [6.45, 7) is 3.12. The predicted octanol–water partition coefficient (Wildman–Crippen LogP) is 1.14. The van der Waals surface area contributed by atoms with Gasteiger partial charge < -0.3 is 19.9 Å². The third-order valence-electron chi connectivity index (χ3n) is 2.42. The van der Waals surface area contributed by atoms with Gasteiger partial charge in [0.15, 0.2) is 6.04 Å². The number of rotatable bonds is 5. The molecule has 1 aromatic rings.